The van der Waals surface area contributed by atoms with Gasteiger partial charge in [-0.1, -0.05) is 90.0 Å². The molecule has 2 rings (SSSR count). The molecule has 1 unspecified atom stereocenters. The quantitative estimate of drug-likeness (QED) is 0.135. The van der Waals surface area contributed by atoms with Gasteiger partial charge in [-0.3, -0.25) is 0 Å². The number of hydrogen-bond donors (Lipinski definition) is 0. The van der Waals surface area contributed by atoms with E-state index in [1.165, 1.54) is 96.4 Å². The lowest BCUT2D eigenvalue weighted by Crippen LogP contribution is -3.00. The maximum atomic E-state index is 5.07. The van der Waals surface area contributed by atoms with Crippen molar-refractivity contribution in [2.45, 2.75) is 109 Å². The Kier molecular flexibility index (Phi) is 23.7. The first-order chi connectivity index (χ1) is 14.5. The van der Waals surface area contributed by atoms with Crippen LogP contribution in [0.25, 0.3) is 0 Å². The summed E-state index contributed by atoms with van der Waals surface area (Å²) in [5.41, 5.74) is 0. The topological polar surface area (TPSA) is 16.4 Å². The van der Waals surface area contributed by atoms with Gasteiger partial charge < -0.3 is 34.0 Å². The number of likely N-dealkylation sites (N-methyl/N-ethyl adjacent to an activating group) is 1. The van der Waals surface area contributed by atoms with E-state index in [0.717, 1.165) is 17.6 Å². The molecule has 1 fully saturated rings. The first kappa shape index (κ1) is 33.8. The van der Waals surface area contributed by atoms with Crippen LogP contribution in [0.15, 0.2) is 30.6 Å². The van der Waals surface area contributed by atoms with Crippen molar-refractivity contribution in [3.05, 3.63) is 30.6 Å². The lowest BCUT2D eigenvalue weighted by Gasteiger charge is -2.22. The second-order valence-corrected chi connectivity index (χ2v) is 10.1. The molecular weight excluding hydrogens is 439 g/mol. The summed E-state index contributed by atoms with van der Waals surface area (Å²) >= 11 is 0. The fourth-order valence-corrected chi connectivity index (χ4v) is 3.86. The molecule has 0 saturated carbocycles. The maximum Gasteiger partial charge on any atom is 0.168 e. The Labute approximate surface area is 212 Å². The molecule has 1 aliphatic rings. The Morgan fingerprint density at radius 2 is 1.09 bits per heavy atom. The number of pyridine rings is 1. The highest BCUT2D eigenvalue weighted by molar-refractivity contribution is 4.83. The number of ether oxygens (including phenoxy) is 1. The van der Waals surface area contributed by atoms with Crippen LogP contribution in [0.2, 0.25) is 0 Å². The molecular formula is C27H52Cl2N2O. The van der Waals surface area contributed by atoms with Crippen LogP contribution in [0.5, 0.6) is 0 Å². The molecule has 1 atom stereocenters. The average Bonchev–Trinajstić information content (AvgIpc) is 3.52. The van der Waals surface area contributed by atoms with E-state index in [1.54, 1.807) is 0 Å². The molecule has 1 saturated heterocycles. The predicted octanol–water partition coefficient (Wildman–Crippen LogP) is 0.555. The van der Waals surface area contributed by atoms with Gasteiger partial charge in [-0.05, 0) is 6.42 Å². The zero-order chi connectivity index (χ0) is 21.9. The molecule has 1 aliphatic heterocycles. The largest absolute Gasteiger partial charge is 1.00 e. The Bertz CT molecular complexity index is 490. The number of nitrogens with zero attached hydrogens (tertiary/aromatic N) is 2. The molecule has 32 heavy (non-hydrogen) atoms. The van der Waals surface area contributed by atoms with Crippen LogP contribution in [0.4, 0.5) is 0 Å². The number of aryl methyl sites for hydroxylation is 1. The van der Waals surface area contributed by atoms with Crippen molar-refractivity contribution in [3.8, 4) is 0 Å². The third-order valence-electron chi connectivity index (χ3n) is 5.70. The van der Waals surface area contributed by atoms with Crippen molar-refractivity contribution in [1.82, 2.24) is 0 Å². The Morgan fingerprint density at radius 3 is 1.44 bits per heavy atom. The van der Waals surface area contributed by atoms with Crippen LogP contribution in [-0.2, 0) is 11.3 Å². The van der Waals surface area contributed by atoms with Crippen molar-refractivity contribution in [2.24, 2.45) is 0 Å². The van der Waals surface area contributed by atoms with Crippen LogP contribution in [0.3, 0.4) is 0 Å². The zero-order valence-electron chi connectivity index (χ0n) is 21.5. The van der Waals surface area contributed by atoms with Crippen LogP contribution in [0.1, 0.15) is 96.8 Å². The van der Waals surface area contributed by atoms with Gasteiger partial charge in [-0.15, -0.1) is 0 Å². The van der Waals surface area contributed by atoms with Gasteiger partial charge in [0.25, 0.3) is 0 Å². The smallest absolute Gasteiger partial charge is 0.168 e. The molecule has 0 bridgehead atoms. The summed E-state index contributed by atoms with van der Waals surface area (Å²) in [6.45, 7) is 5.61. The lowest BCUT2D eigenvalue weighted by atomic mass is 10.0. The van der Waals surface area contributed by atoms with E-state index in [0.29, 0.717) is 6.10 Å². The molecule has 0 spiro atoms. The fourth-order valence-electron chi connectivity index (χ4n) is 3.86. The van der Waals surface area contributed by atoms with Gasteiger partial charge in [0.1, 0.15) is 19.2 Å². The van der Waals surface area contributed by atoms with Gasteiger partial charge in [0, 0.05) is 18.6 Å². The molecule has 0 N–H and O–H groups in total. The maximum absolute atomic E-state index is 5.07. The fraction of sp³-hybridized carbons (Fsp3) is 0.815. The summed E-state index contributed by atoms with van der Waals surface area (Å²) in [7, 11) is 6.55. The summed E-state index contributed by atoms with van der Waals surface area (Å²) in [5.74, 6) is 0. The second kappa shape index (κ2) is 22.4. The third-order valence-corrected chi connectivity index (χ3v) is 5.70. The number of halogens is 2. The van der Waals surface area contributed by atoms with E-state index >= 15 is 0 Å². The van der Waals surface area contributed by atoms with E-state index in [2.05, 4.69) is 63.2 Å². The molecule has 1 aromatic heterocycles. The van der Waals surface area contributed by atoms with Gasteiger partial charge >= 0.3 is 0 Å². The minimum absolute atomic E-state index is 0. The molecule has 2 heterocycles. The van der Waals surface area contributed by atoms with Crippen molar-refractivity contribution < 1.29 is 38.6 Å². The van der Waals surface area contributed by atoms with Gasteiger partial charge in [-0.2, -0.15) is 0 Å². The minimum atomic E-state index is 0. The summed E-state index contributed by atoms with van der Waals surface area (Å²) in [4.78, 5) is 0. The molecule has 0 aromatic carbocycles. The standard InChI is InChI=1S/C21H38N.C6H14NO.2ClH/c1-2-3-4-5-6-7-8-9-10-11-12-13-14-16-19-22-20-17-15-18-21-22;1-7(2,3)4-6-5-8-6;;/h15,17-18,20-21H,2-14,16,19H2,1H3;6H,4-5H2,1-3H3;2*1H/q2*+1;;/p-2. The van der Waals surface area contributed by atoms with Crippen LogP contribution in [-0.4, -0.2) is 44.9 Å². The summed E-state index contributed by atoms with van der Waals surface area (Å²) in [5, 5.41) is 0. The summed E-state index contributed by atoms with van der Waals surface area (Å²) in [6, 6.07) is 6.31. The van der Waals surface area contributed by atoms with Crippen LogP contribution >= 0.6 is 0 Å². The molecule has 1 aromatic rings. The molecule has 0 amide bonds. The highest BCUT2D eigenvalue weighted by Crippen LogP contribution is 2.13. The van der Waals surface area contributed by atoms with Crippen molar-refractivity contribution in [3.63, 3.8) is 0 Å². The number of aromatic nitrogens is 1. The molecule has 0 aliphatic carbocycles. The summed E-state index contributed by atoms with van der Waals surface area (Å²) in [6.07, 6.45) is 25.0. The first-order valence-corrected chi connectivity index (χ1v) is 12.9. The van der Waals surface area contributed by atoms with E-state index in [-0.39, 0.29) is 24.8 Å². The molecule has 0 radical (unpaired) electrons. The third kappa shape index (κ3) is 24.3. The Morgan fingerprint density at radius 1 is 0.688 bits per heavy atom. The normalized spacial score (nSPS) is 14.6. The number of epoxide rings is 1. The Balaban J connectivity index is 0. The molecule has 5 heteroatoms. The van der Waals surface area contributed by atoms with E-state index in [1.807, 2.05) is 0 Å². The highest BCUT2D eigenvalue weighted by Gasteiger charge is 2.28. The van der Waals surface area contributed by atoms with Crippen molar-refractivity contribution in [2.75, 3.05) is 34.3 Å². The number of hydrogen-bond acceptors (Lipinski definition) is 1. The number of unbranched alkanes of at least 4 members (excludes halogenated alkanes) is 13. The zero-order valence-corrected chi connectivity index (χ0v) is 23.1. The van der Waals surface area contributed by atoms with E-state index in [4.69, 9.17) is 4.74 Å². The average molecular weight is 492 g/mol. The second-order valence-electron chi connectivity index (χ2n) is 10.1. The first-order valence-electron chi connectivity index (χ1n) is 12.9. The SMILES string of the molecule is CCCCCCCCCCCCCCCC[n+]1ccccc1.C[N+](C)(C)CC1CO1.[Cl-].[Cl-]. The van der Waals surface area contributed by atoms with Crippen molar-refractivity contribution >= 4 is 0 Å². The molecule has 190 valence electrons. The summed E-state index contributed by atoms with van der Waals surface area (Å²) < 4.78 is 8.38. The van der Waals surface area contributed by atoms with Crippen LogP contribution < -0.4 is 29.4 Å². The minimum Gasteiger partial charge on any atom is -1.00 e. The van der Waals surface area contributed by atoms with Gasteiger partial charge in [-0.25, -0.2) is 4.57 Å². The monoisotopic (exact) mass is 490 g/mol. The van der Waals surface area contributed by atoms with E-state index < -0.39 is 0 Å². The molecule has 3 nitrogen and oxygen atoms in total. The number of rotatable bonds is 17. The highest BCUT2D eigenvalue weighted by atomic mass is 35.5. The number of quaternary nitrogens is 1. The van der Waals surface area contributed by atoms with Gasteiger partial charge in [0.05, 0.1) is 27.7 Å². The Hall–Kier alpha value is -0.350. The van der Waals surface area contributed by atoms with E-state index in [9.17, 15) is 0 Å². The lowest BCUT2D eigenvalue weighted by molar-refractivity contribution is -0.870. The van der Waals surface area contributed by atoms with Gasteiger partial charge in [0.15, 0.2) is 12.4 Å². The predicted molar refractivity (Wildman–Crippen MR) is 130 cm³/mol. The van der Waals surface area contributed by atoms with Gasteiger partial charge in [0.2, 0.25) is 0 Å². The van der Waals surface area contributed by atoms with Crippen LogP contribution in [0, 0.1) is 0 Å². The van der Waals surface area contributed by atoms with Crippen molar-refractivity contribution in [1.29, 1.82) is 0 Å².